The van der Waals surface area contributed by atoms with E-state index < -0.39 is 23.2 Å². The van der Waals surface area contributed by atoms with Crippen LogP contribution in [-0.2, 0) is 4.74 Å². The molecule has 0 fully saturated rings. The summed E-state index contributed by atoms with van der Waals surface area (Å²) >= 11 is 0. The van der Waals surface area contributed by atoms with Gasteiger partial charge in [-0.2, -0.15) is 0 Å². The standard InChI is InChI=1S/C12H26O3/c1-7-9(13)8-10(14)11(2,3)12(4,5)15-6/h9-10,13-14H,7-8H2,1-6H3. The van der Waals surface area contributed by atoms with Gasteiger partial charge >= 0.3 is 0 Å². The highest BCUT2D eigenvalue weighted by Crippen LogP contribution is 2.38. The third-order valence-electron chi connectivity index (χ3n) is 3.86. The first-order chi connectivity index (χ1) is 6.69. The van der Waals surface area contributed by atoms with Crippen molar-refractivity contribution in [3.05, 3.63) is 0 Å². The molecule has 2 N–H and O–H groups in total. The van der Waals surface area contributed by atoms with Gasteiger partial charge in [0, 0.05) is 12.5 Å². The van der Waals surface area contributed by atoms with E-state index in [0.717, 1.165) is 0 Å². The Balaban J connectivity index is 4.58. The van der Waals surface area contributed by atoms with Crippen molar-refractivity contribution < 1.29 is 14.9 Å². The van der Waals surface area contributed by atoms with Crippen molar-refractivity contribution in [1.82, 2.24) is 0 Å². The molecule has 0 rings (SSSR count). The molecule has 0 saturated carbocycles. The molecule has 0 radical (unpaired) electrons. The summed E-state index contributed by atoms with van der Waals surface area (Å²) in [6.45, 7) is 9.74. The summed E-state index contributed by atoms with van der Waals surface area (Å²) in [5.41, 5.74) is -0.808. The molecule has 0 heterocycles. The zero-order valence-electron chi connectivity index (χ0n) is 10.9. The fourth-order valence-corrected chi connectivity index (χ4v) is 1.38. The van der Waals surface area contributed by atoms with Gasteiger partial charge in [0.05, 0.1) is 17.8 Å². The van der Waals surface area contributed by atoms with Gasteiger partial charge < -0.3 is 14.9 Å². The van der Waals surface area contributed by atoms with E-state index >= 15 is 0 Å². The highest BCUT2D eigenvalue weighted by Gasteiger charge is 2.43. The predicted molar refractivity (Wildman–Crippen MR) is 61.8 cm³/mol. The fraction of sp³-hybridized carbons (Fsp3) is 1.00. The van der Waals surface area contributed by atoms with Gasteiger partial charge in [0.15, 0.2) is 0 Å². The SMILES string of the molecule is CCC(O)CC(O)C(C)(C)C(C)(C)OC. The maximum atomic E-state index is 10.1. The Kier molecular flexibility index (Phi) is 5.24. The van der Waals surface area contributed by atoms with Crippen LogP contribution in [0.4, 0.5) is 0 Å². The molecule has 3 nitrogen and oxygen atoms in total. The predicted octanol–water partition coefficient (Wildman–Crippen LogP) is 1.96. The number of methoxy groups -OCH3 is 1. The third-order valence-corrected chi connectivity index (χ3v) is 3.86. The molecule has 0 aromatic heterocycles. The van der Waals surface area contributed by atoms with E-state index in [-0.39, 0.29) is 0 Å². The summed E-state index contributed by atoms with van der Waals surface area (Å²) in [6.07, 6.45) is 0.0611. The van der Waals surface area contributed by atoms with E-state index in [1.165, 1.54) is 0 Å². The lowest BCUT2D eigenvalue weighted by molar-refractivity contribution is -0.133. The van der Waals surface area contributed by atoms with Crippen molar-refractivity contribution in [3.63, 3.8) is 0 Å². The van der Waals surface area contributed by atoms with E-state index in [9.17, 15) is 10.2 Å². The fourth-order valence-electron chi connectivity index (χ4n) is 1.38. The molecule has 3 heteroatoms. The molecule has 0 aromatic carbocycles. The minimum atomic E-state index is -0.567. The summed E-state index contributed by atoms with van der Waals surface area (Å²) in [5.74, 6) is 0. The summed E-state index contributed by atoms with van der Waals surface area (Å²) in [4.78, 5) is 0. The zero-order valence-corrected chi connectivity index (χ0v) is 10.9. The molecule has 0 bridgehead atoms. The summed E-state index contributed by atoms with van der Waals surface area (Å²) in [5, 5.41) is 19.6. The van der Waals surface area contributed by atoms with Crippen molar-refractivity contribution in [2.24, 2.45) is 5.41 Å². The van der Waals surface area contributed by atoms with Crippen LogP contribution in [0, 0.1) is 5.41 Å². The van der Waals surface area contributed by atoms with E-state index in [0.29, 0.717) is 12.8 Å². The minimum Gasteiger partial charge on any atom is -0.393 e. The number of hydrogen-bond acceptors (Lipinski definition) is 3. The maximum Gasteiger partial charge on any atom is 0.0698 e. The lowest BCUT2D eigenvalue weighted by Crippen LogP contribution is -2.49. The average molecular weight is 218 g/mol. The highest BCUT2D eigenvalue weighted by atomic mass is 16.5. The van der Waals surface area contributed by atoms with Crippen molar-refractivity contribution in [3.8, 4) is 0 Å². The van der Waals surface area contributed by atoms with Crippen LogP contribution < -0.4 is 0 Å². The van der Waals surface area contributed by atoms with Crippen LogP contribution in [0.15, 0.2) is 0 Å². The Hall–Kier alpha value is -0.120. The first-order valence-corrected chi connectivity index (χ1v) is 5.60. The largest absolute Gasteiger partial charge is 0.393 e. The van der Waals surface area contributed by atoms with Gasteiger partial charge in [0.2, 0.25) is 0 Å². The average Bonchev–Trinajstić information content (AvgIpc) is 2.17. The second-order valence-corrected chi connectivity index (χ2v) is 5.25. The summed E-state index contributed by atoms with van der Waals surface area (Å²) < 4.78 is 5.40. The van der Waals surface area contributed by atoms with Gasteiger partial charge in [-0.05, 0) is 26.7 Å². The van der Waals surface area contributed by atoms with Gasteiger partial charge in [0.1, 0.15) is 0 Å². The molecule has 0 aromatic rings. The van der Waals surface area contributed by atoms with Crippen molar-refractivity contribution in [2.75, 3.05) is 7.11 Å². The van der Waals surface area contributed by atoms with Gasteiger partial charge in [-0.3, -0.25) is 0 Å². The van der Waals surface area contributed by atoms with Crippen molar-refractivity contribution in [2.45, 2.75) is 65.3 Å². The molecule has 0 spiro atoms. The number of aliphatic hydroxyl groups excluding tert-OH is 2. The Morgan fingerprint density at radius 1 is 1.13 bits per heavy atom. The molecular formula is C12H26O3. The molecule has 2 unspecified atom stereocenters. The first kappa shape index (κ1) is 14.9. The smallest absolute Gasteiger partial charge is 0.0698 e. The van der Waals surface area contributed by atoms with E-state index in [2.05, 4.69) is 0 Å². The number of ether oxygens (including phenoxy) is 1. The van der Waals surface area contributed by atoms with Crippen LogP contribution in [0.3, 0.4) is 0 Å². The number of hydrogen-bond donors (Lipinski definition) is 2. The molecule has 2 atom stereocenters. The molecular weight excluding hydrogens is 192 g/mol. The third kappa shape index (κ3) is 3.44. The van der Waals surface area contributed by atoms with E-state index in [1.807, 2.05) is 34.6 Å². The quantitative estimate of drug-likeness (QED) is 0.716. The van der Waals surface area contributed by atoms with Crippen LogP contribution >= 0.6 is 0 Å². The van der Waals surface area contributed by atoms with Crippen molar-refractivity contribution in [1.29, 1.82) is 0 Å². The lowest BCUT2D eigenvalue weighted by Gasteiger charge is -2.44. The van der Waals surface area contributed by atoms with Gasteiger partial charge in [0.25, 0.3) is 0 Å². The molecule has 0 aliphatic carbocycles. The van der Waals surface area contributed by atoms with Gasteiger partial charge in [-0.1, -0.05) is 20.8 Å². The Labute approximate surface area is 93.5 Å². The normalized spacial score (nSPS) is 17.6. The minimum absolute atomic E-state index is 0.391. The highest BCUT2D eigenvalue weighted by molar-refractivity contribution is 4.93. The molecule has 0 saturated heterocycles. The Morgan fingerprint density at radius 3 is 1.93 bits per heavy atom. The monoisotopic (exact) mass is 218 g/mol. The summed E-state index contributed by atoms with van der Waals surface area (Å²) in [6, 6.07) is 0. The molecule has 0 aliphatic heterocycles. The zero-order chi connectivity index (χ0) is 12.3. The first-order valence-electron chi connectivity index (χ1n) is 5.60. The van der Waals surface area contributed by atoms with Crippen LogP contribution in [0.5, 0.6) is 0 Å². The molecule has 92 valence electrons. The van der Waals surface area contributed by atoms with Crippen LogP contribution in [0.25, 0.3) is 0 Å². The van der Waals surface area contributed by atoms with Crippen LogP contribution in [0.1, 0.15) is 47.5 Å². The number of rotatable bonds is 6. The van der Waals surface area contributed by atoms with E-state index in [1.54, 1.807) is 7.11 Å². The Morgan fingerprint density at radius 2 is 1.60 bits per heavy atom. The Bertz CT molecular complexity index is 187. The van der Waals surface area contributed by atoms with Crippen molar-refractivity contribution >= 4 is 0 Å². The van der Waals surface area contributed by atoms with Crippen LogP contribution in [0.2, 0.25) is 0 Å². The van der Waals surface area contributed by atoms with Gasteiger partial charge in [-0.25, -0.2) is 0 Å². The summed E-state index contributed by atoms with van der Waals surface area (Å²) in [7, 11) is 1.64. The molecule has 0 amide bonds. The molecule has 0 aliphatic rings. The van der Waals surface area contributed by atoms with Crippen LogP contribution in [-0.4, -0.2) is 35.1 Å². The second-order valence-electron chi connectivity index (χ2n) is 5.25. The maximum absolute atomic E-state index is 10.1. The van der Waals surface area contributed by atoms with E-state index in [4.69, 9.17) is 4.74 Å². The number of aliphatic hydroxyl groups is 2. The van der Waals surface area contributed by atoms with Gasteiger partial charge in [-0.15, -0.1) is 0 Å². The topological polar surface area (TPSA) is 49.7 Å². The second kappa shape index (κ2) is 5.28. The lowest BCUT2D eigenvalue weighted by atomic mass is 9.71. The molecule has 15 heavy (non-hydrogen) atoms.